The van der Waals surface area contributed by atoms with Crippen LogP contribution in [0.2, 0.25) is 0 Å². The zero-order valence-electron chi connectivity index (χ0n) is 12.4. The van der Waals surface area contributed by atoms with Crippen molar-refractivity contribution in [3.8, 4) is 6.07 Å². The molecule has 0 saturated carbocycles. The van der Waals surface area contributed by atoms with E-state index in [2.05, 4.69) is 21.5 Å². The van der Waals surface area contributed by atoms with Gasteiger partial charge in [-0.25, -0.2) is 4.98 Å². The van der Waals surface area contributed by atoms with E-state index in [0.717, 1.165) is 11.3 Å². The lowest BCUT2D eigenvalue weighted by atomic mass is 10.2. The van der Waals surface area contributed by atoms with E-state index < -0.39 is 0 Å². The molecule has 1 aliphatic heterocycles. The Morgan fingerprint density at radius 3 is 2.95 bits per heavy atom. The maximum Gasteiger partial charge on any atom is 0.249 e. The number of amides is 1. The molecular formula is C15H16N6O. The quantitative estimate of drug-likeness (QED) is 0.920. The number of hydrogen-bond donors (Lipinski definition) is 1. The molecule has 0 aromatic carbocycles. The molecular weight excluding hydrogens is 280 g/mol. The molecule has 2 aromatic heterocycles. The lowest BCUT2D eigenvalue weighted by Gasteiger charge is -2.15. The van der Waals surface area contributed by atoms with Crippen molar-refractivity contribution in [1.29, 1.82) is 5.26 Å². The zero-order chi connectivity index (χ0) is 15.7. The van der Waals surface area contributed by atoms with Crippen LogP contribution >= 0.6 is 0 Å². The van der Waals surface area contributed by atoms with Gasteiger partial charge >= 0.3 is 0 Å². The van der Waals surface area contributed by atoms with Crippen molar-refractivity contribution in [1.82, 2.24) is 14.8 Å². The number of nitrogens with one attached hydrogen (secondary N) is 1. The van der Waals surface area contributed by atoms with Gasteiger partial charge in [0, 0.05) is 19.8 Å². The van der Waals surface area contributed by atoms with Crippen LogP contribution < -0.4 is 10.2 Å². The molecule has 7 heteroatoms. The van der Waals surface area contributed by atoms with Crippen LogP contribution in [0.15, 0.2) is 24.5 Å². The highest BCUT2D eigenvalue weighted by molar-refractivity contribution is 6.00. The Bertz CT molecular complexity index is 760. The number of carbonyl (C=O) groups excluding carboxylic acids is 1. The molecule has 1 atom stereocenters. The van der Waals surface area contributed by atoms with Crippen molar-refractivity contribution in [3.05, 3.63) is 35.8 Å². The summed E-state index contributed by atoms with van der Waals surface area (Å²) in [6.07, 6.45) is 4.18. The van der Waals surface area contributed by atoms with E-state index >= 15 is 0 Å². The number of aryl methyl sites for hydroxylation is 2. The summed E-state index contributed by atoms with van der Waals surface area (Å²) in [7, 11) is 1.82. The molecule has 1 aliphatic rings. The topological polar surface area (TPSA) is 86.8 Å². The predicted octanol–water partition coefficient (Wildman–Crippen LogP) is 1.21. The van der Waals surface area contributed by atoms with Gasteiger partial charge < -0.3 is 10.2 Å². The van der Waals surface area contributed by atoms with Gasteiger partial charge in [0.15, 0.2) is 0 Å². The van der Waals surface area contributed by atoms with Crippen LogP contribution in [0.25, 0.3) is 0 Å². The Balaban J connectivity index is 1.75. The minimum Gasteiger partial charge on any atom is -0.358 e. The average Bonchev–Trinajstić information content (AvgIpc) is 3.08. The Hall–Kier alpha value is -2.88. The van der Waals surface area contributed by atoms with E-state index in [9.17, 15) is 4.79 Å². The van der Waals surface area contributed by atoms with Gasteiger partial charge in [-0.3, -0.25) is 9.48 Å². The van der Waals surface area contributed by atoms with Crippen molar-refractivity contribution < 1.29 is 4.79 Å². The van der Waals surface area contributed by atoms with Gasteiger partial charge in [-0.05, 0) is 25.0 Å². The summed E-state index contributed by atoms with van der Waals surface area (Å²) in [4.78, 5) is 18.4. The molecule has 1 unspecified atom stereocenters. The number of anilines is 2. The van der Waals surface area contributed by atoms with Crippen LogP contribution in [-0.4, -0.2) is 33.3 Å². The fourth-order valence-electron chi connectivity index (χ4n) is 2.52. The van der Waals surface area contributed by atoms with Crippen LogP contribution in [0.3, 0.4) is 0 Å². The van der Waals surface area contributed by atoms with Crippen molar-refractivity contribution in [2.45, 2.75) is 19.4 Å². The van der Waals surface area contributed by atoms with E-state index in [4.69, 9.17) is 5.26 Å². The Morgan fingerprint density at radius 1 is 1.45 bits per heavy atom. The lowest BCUT2D eigenvalue weighted by Crippen LogP contribution is -2.33. The minimum absolute atomic E-state index is 0.00566. The number of nitriles is 1. The van der Waals surface area contributed by atoms with Crippen LogP contribution in [0.4, 0.5) is 11.5 Å². The first-order valence-electron chi connectivity index (χ1n) is 7.03. The molecule has 0 radical (unpaired) electrons. The standard InChI is InChI=1S/C15H16N6O/c1-10-3-4-14(19-13(10)7-16)18-12-5-6-21(15(12)22)11-8-17-20(2)9-11/h3-4,8-9,12H,5-6H2,1-2H3,(H,18,19). The second-order valence-corrected chi connectivity index (χ2v) is 5.32. The summed E-state index contributed by atoms with van der Waals surface area (Å²) in [5.41, 5.74) is 1.99. The maximum atomic E-state index is 12.5. The third-order valence-corrected chi connectivity index (χ3v) is 3.73. The molecule has 0 bridgehead atoms. The Kier molecular flexibility index (Phi) is 3.51. The van der Waals surface area contributed by atoms with Gasteiger partial charge in [0.05, 0.1) is 11.9 Å². The average molecular weight is 296 g/mol. The van der Waals surface area contributed by atoms with Crippen molar-refractivity contribution in [2.24, 2.45) is 7.05 Å². The molecule has 1 saturated heterocycles. The first-order chi connectivity index (χ1) is 10.6. The van der Waals surface area contributed by atoms with E-state index in [1.807, 2.05) is 26.2 Å². The molecule has 1 amide bonds. The molecule has 0 spiro atoms. The molecule has 2 aromatic rings. The van der Waals surface area contributed by atoms with Crippen molar-refractivity contribution in [3.63, 3.8) is 0 Å². The highest BCUT2D eigenvalue weighted by Crippen LogP contribution is 2.23. The van der Waals surface area contributed by atoms with Gasteiger partial charge in [0.1, 0.15) is 23.6 Å². The largest absolute Gasteiger partial charge is 0.358 e. The van der Waals surface area contributed by atoms with Crippen LogP contribution in [0, 0.1) is 18.3 Å². The van der Waals surface area contributed by atoms with Crippen molar-refractivity contribution in [2.75, 3.05) is 16.8 Å². The molecule has 0 aliphatic carbocycles. The molecule has 112 valence electrons. The SMILES string of the molecule is Cc1ccc(NC2CCN(c3cnn(C)c3)C2=O)nc1C#N. The summed E-state index contributed by atoms with van der Waals surface area (Å²) in [5, 5.41) is 16.2. The van der Waals surface area contributed by atoms with Crippen molar-refractivity contribution >= 4 is 17.4 Å². The fourth-order valence-corrected chi connectivity index (χ4v) is 2.52. The van der Waals surface area contributed by atoms with Gasteiger partial charge in [0.25, 0.3) is 0 Å². The zero-order valence-corrected chi connectivity index (χ0v) is 12.4. The minimum atomic E-state index is -0.332. The second-order valence-electron chi connectivity index (χ2n) is 5.32. The summed E-state index contributed by atoms with van der Waals surface area (Å²) in [6, 6.07) is 5.33. The summed E-state index contributed by atoms with van der Waals surface area (Å²) in [6.45, 7) is 2.47. The summed E-state index contributed by atoms with van der Waals surface area (Å²) in [5.74, 6) is 0.544. The van der Waals surface area contributed by atoms with Crippen LogP contribution in [0.5, 0.6) is 0 Å². The predicted molar refractivity (Wildman–Crippen MR) is 81.3 cm³/mol. The second kappa shape index (κ2) is 5.48. The molecule has 3 rings (SSSR count). The number of carbonyl (C=O) groups is 1. The number of hydrogen-bond acceptors (Lipinski definition) is 5. The number of rotatable bonds is 3. The van der Waals surface area contributed by atoms with E-state index in [1.54, 1.807) is 21.8 Å². The molecule has 1 N–H and O–H groups in total. The smallest absolute Gasteiger partial charge is 0.249 e. The number of pyridine rings is 1. The first kappa shape index (κ1) is 14.1. The van der Waals surface area contributed by atoms with E-state index in [-0.39, 0.29) is 11.9 Å². The van der Waals surface area contributed by atoms with Crippen LogP contribution in [-0.2, 0) is 11.8 Å². The first-order valence-corrected chi connectivity index (χ1v) is 7.03. The number of nitrogens with zero attached hydrogens (tertiary/aromatic N) is 5. The fraction of sp³-hybridized carbons (Fsp3) is 0.333. The van der Waals surface area contributed by atoms with Gasteiger partial charge in [0.2, 0.25) is 5.91 Å². The highest BCUT2D eigenvalue weighted by Gasteiger charge is 2.33. The Morgan fingerprint density at radius 2 is 2.27 bits per heavy atom. The third kappa shape index (κ3) is 2.51. The van der Waals surface area contributed by atoms with E-state index in [1.165, 1.54) is 0 Å². The van der Waals surface area contributed by atoms with Gasteiger partial charge in [-0.1, -0.05) is 6.07 Å². The summed E-state index contributed by atoms with van der Waals surface area (Å²) < 4.78 is 1.67. The van der Waals surface area contributed by atoms with E-state index in [0.29, 0.717) is 24.5 Å². The van der Waals surface area contributed by atoms with Gasteiger partial charge in [-0.15, -0.1) is 0 Å². The Labute approximate surface area is 128 Å². The molecule has 1 fully saturated rings. The van der Waals surface area contributed by atoms with Crippen LogP contribution in [0.1, 0.15) is 17.7 Å². The third-order valence-electron chi connectivity index (χ3n) is 3.73. The normalized spacial score (nSPS) is 17.6. The van der Waals surface area contributed by atoms with Gasteiger partial charge in [-0.2, -0.15) is 10.4 Å². The molecule has 7 nitrogen and oxygen atoms in total. The molecule has 22 heavy (non-hydrogen) atoms. The molecule has 3 heterocycles. The maximum absolute atomic E-state index is 12.5. The number of aromatic nitrogens is 3. The summed E-state index contributed by atoms with van der Waals surface area (Å²) >= 11 is 0. The monoisotopic (exact) mass is 296 g/mol. The lowest BCUT2D eigenvalue weighted by molar-refractivity contribution is -0.117. The highest BCUT2D eigenvalue weighted by atomic mass is 16.2.